The minimum Gasteiger partial charge on any atom is -0.304 e. The number of nitrogens with zero attached hydrogens (tertiary/aromatic N) is 4. The fraction of sp³-hybridized carbons (Fsp3) is 0.235. The molecule has 3 rings (SSSR count). The van der Waals surface area contributed by atoms with Gasteiger partial charge in [0.2, 0.25) is 0 Å². The van der Waals surface area contributed by atoms with Crippen LogP contribution in [0.15, 0.2) is 35.1 Å². The number of aryl methyl sites for hydroxylation is 2. The first-order chi connectivity index (χ1) is 12.4. The molecule has 2 heterocycles. The van der Waals surface area contributed by atoms with E-state index in [0.29, 0.717) is 38.7 Å². The Labute approximate surface area is 163 Å². The lowest BCUT2D eigenvalue weighted by molar-refractivity contribution is 0.102. The van der Waals surface area contributed by atoms with E-state index in [0.717, 1.165) is 0 Å². The van der Waals surface area contributed by atoms with E-state index in [1.165, 1.54) is 10.7 Å². The van der Waals surface area contributed by atoms with E-state index < -0.39 is 5.82 Å². The summed E-state index contributed by atoms with van der Waals surface area (Å²) in [5.41, 5.74) is 1.45. The van der Waals surface area contributed by atoms with Crippen LogP contribution in [0.5, 0.6) is 0 Å². The Morgan fingerprint density at radius 2 is 2.08 bits per heavy atom. The molecule has 9 heteroatoms. The van der Waals surface area contributed by atoms with Crippen LogP contribution in [0.4, 0.5) is 10.2 Å². The second-order valence-corrected chi connectivity index (χ2v) is 6.92. The summed E-state index contributed by atoms with van der Waals surface area (Å²) in [6.45, 7) is 4.54. The summed E-state index contributed by atoms with van der Waals surface area (Å²) in [5.74, 6) is -0.375. The first-order valence-corrected chi connectivity index (χ1v) is 9.07. The van der Waals surface area contributed by atoms with Gasteiger partial charge in [-0.3, -0.25) is 14.2 Å². The SMILES string of the molecule is CCn1cc(C(=O)Nc2nn(Cc3c(F)cccc3Cl)cc2Br)c(C)n1. The topological polar surface area (TPSA) is 64.7 Å². The zero-order valence-electron chi connectivity index (χ0n) is 14.1. The Balaban J connectivity index is 1.80. The Hall–Kier alpha value is -2.19. The van der Waals surface area contributed by atoms with E-state index in [4.69, 9.17) is 11.6 Å². The maximum atomic E-state index is 13.9. The van der Waals surface area contributed by atoms with Gasteiger partial charge in [-0.05, 0) is 41.9 Å². The lowest BCUT2D eigenvalue weighted by Gasteiger charge is -2.06. The molecule has 0 saturated carbocycles. The molecule has 6 nitrogen and oxygen atoms in total. The highest BCUT2D eigenvalue weighted by molar-refractivity contribution is 9.10. The van der Waals surface area contributed by atoms with Crippen LogP contribution >= 0.6 is 27.5 Å². The first-order valence-electron chi connectivity index (χ1n) is 7.90. The first kappa shape index (κ1) is 18.6. The molecule has 2 aromatic heterocycles. The van der Waals surface area contributed by atoms with Gasteiger partial charge in [0.05, 0.1) is 22.3 Å². The third kappa shape index (κ3) is 3.81. The number of carbonyl (C=O) groups excluding carboxylic acids is 1. The fourth-order valence-corrected chi connectivity index (χ4v) is 3.12. The Bertz CT molecular complexity index is 948. The van der Waals surface area contributed by atoms with E-state index in [1.807, 2.05) is 6.92 Å². The molecule has 0 bridgehead atoms. The maximum absolute atomic E-state index is 13.9. The third-order valence-corrected chi connectivity index (χ3v) is 4.78. The minimum absolute atomic E-state index is 0.146. The summed E-state index contributed by atoms with van der Waals surface area (Å²) >= 11 is 9.41. The molecule has 0 radical (unpaired) electrons. The van der Waals surface area contributed by atoms with E-state index in [1.54, 1.807) is 36.1 Å². The van der Waals surface area contributed by atoms with Crippen LogP contribution in [-0.4, -0.2) is 25.5 Å². The molecule has 0 atom stereocenters. The number of aromatic nitrogens is 4. The number of carbonyl (C=O) groups is 1. The van der Waals surface area contributed by atoms with Crippen LogP contribution in [0.25, 0.3) is 0 Å². The summed E-state index contributed by atoms with van der Waals surface area (Å²) in [6.07, 6.45) is 3.34. The zero-order valence-corrected chi connectivity index (χ0v) is 16.5. The lowest BCUT2D eigenvalue weighted by Crippen LogP contribution is -2.14. The number of hydrogen-bond acceptors (Lipinski definition) is 3. The Kier molecular flexibility index (Phi) is 5.43. The summed E-state index contributed by atoms with van der Waals surface area (Å²) in [7, 11) is 0. The predicted molar refractivity (Wildman–Crippen MR) is 101 cm³/mol. The van der Waals surface area contributed by atoms with Gasteiger partial charge < -0.3 is 5.32 Å². The van der Waals surface area contributed by atoms with Gasteiger partial charge in [0, 0.05) is 29.5 Å². The van der Waals surface area contributed by atoms with Crippen molar-refractivity contribution in [2.45, 2.75) is 26.9 Å². The highest BCUT2D eigenvalue weighted by Gasteiger charge is 2.17. The molecule has 3 aromatic rings. The fourth-order valence-electron chi connectivity index (χ4n) is 2.49. The number of hydrogen-bond donors (Lipinski definition) is 1. The summed E-state index contributed by atoms with van der Waals surface area (Å²) in [6, 6.07) is 4.51. The number of benzene rings is 1. The predicted octanol–water partition coefficient (Wildman–Crippen LogP) is 4.26. The second kappa shape index (κ2) is 7.59. The molecular weight excluding hydrogens is 425 g/mol. The number of rotatable bonds is 5. The highest BCUT2D eigenvalue weighted by atomic mass is 79.9. The molecule has 0 spiro atoms. The van der Waals surface area contributed by atoms with E-state index in [2.05, 4.69) is 31.4 Å². The molecule has 0 unspecified atom stereocenters. The largest absolute Gasteiger partial charge is 0.304 e. The van der Waals surface area contributed by atoms with Gasteiger partial charge in [0.15, 0.2) is 5.82 Å². The third-order valence-electron chi connectivity index (χ3n) is 3.85. The van der Waals surface area contributed by atoms with Gasteiger partial charge in [-0.1, -0.05) is 17.7 Å². The molecule has 1 amide bonds. The molecule has 136 valence electrons. The van der Waals surface area contributed by atoms with Crippen molar-refractivity contribution in [3.63, 3.8) is 0 Å². The van der Waals surface area contributed by atoms with Crippen LogP contribution in [-0.2, 0) is 13.1 Å². The van der Waals surface area contributed by atoms with Crippen LogP contribution in [0.3, 0.4) is 0 Å². The number of halogens is 3. The average molecular weight is 441 g/mol. The lowest BCUT2D eigenvalue weighted by atomic mass is 10.2. The van der Waals surface area contributed by atoms with Crippen LogP contribution < -0.4 is 5.32 Å². The Morgan fingerprint density at radius 1 is 1.31 bits per heavy atom. The smallest absolute Gasteiger partial charge is 0.260 e. The second-order valence-electron chi connectivity index (χ2n) is 5.66. The van der Waals surface area contributed by atoms with Crippen LogP contribution in [0.1, 0.15) is 28.5 Å². The van der Waals surface area contributed by atoms with Gasteiger partial charge >= 0.3 is 0 Å². The van der Waals surface area contributed by atoms with Crippen LogP contribution in [0.2, 0.25) is 5.02 Å². The van der Waals surface area contributed by atoms with Crippen molar-refractivity contribution in [2.75, 3.05) is 5.32 Å². The molecule has 0 aliphatic carbocycles. The number of amides is 1. The maximum Gasteiger partial charge on any atom is 0.260 e. The summed E-state index contributed by atoms with van der Waals surface area (Å²) < 4.78 is 17.7. The standard InChI is InChI=1S/C17H16BrClFN5O/c1-3-24-7-11(10(2)22-24)17(26)21-16-13(18)9-25(23-16)8-12-14(19)5-4-6-15(12)20/h4-7,9H,3,8H2,1-2H3,(H,21,23,26). The van der Waals surface area contributed by atoms with Crippen molar-refractivity contribution in [1.29, 1.82) is 0 Å². The molecule has 1 N–H and O–H groups in total. The highest BCUT2D eigenvalue weighted by Crippen LogP contribution is 2.24. The van der Waals surface area contributed by atoms with Crippen molar-refractivity contribution in [2.24, 2.45) is 0 Å². The Morgan fingerprint density at radius 3 is 2.73 bits per heavy atom. The minimum atomic E-state index is -0.405. The monoisotopic (exact) mass is 439 g/mol. The normalized spacial score (nSPS) is 11.0. The zero-order chi connectivity index (χ0) is 18.8. The van der Waals surface area contributed by atoms with Gasteiger partial charge in [-0.25, -0.2) is 4.39 Å². The summed E-state index contributed by atoms with van der Waals surface area (Å²) in [5, 5.41) is 11.6. The molecule has 0 fully saturated rings. The van der Waals surface area contributed by atoms with Crippen molar-refractivity contribution in [3.05, 3.63) is 62.7 Å². The molecule has 0 saturated heterocycles. The number of nitrogens with one attached hydrogen (secondary N) is 1. The van der Waals surface area contributed by atoms with Gasteiger partial charge in [-0.2, -0.15) is 10.2 Å². The van der Waals surface area contributed by atoms with Crippen LogP contribution in [0, 0.1) is 12.7 Å². The molecular formula is C17H16BrClFN5O. The molecule has 0 aliphatic heterocycles. The van der Waals surface area contributed by atoms with E-state index in [-0.39, 0.29) is 12.5 Å². The molecule has 1 aromatic carbocycles. The van der Waals surface area contributed by atoms with E-state index >= 15 is 0 Å². The molecule has 26 heavy (non-hydrogen) atoms. The van der Waals surface area contributed by atoms with Gasteiger partial charge in [-0.15, -0.1) is 0 Å². The van der Waals surface area contributed by atoms with Gasteiger partial charge in [0.1, 0.15) is 5.82 Å². The van der Waals surface area contributed by atoms with Gasteiger partial charge in [0.25, 0.3) is 5.91 Å². The van der Waals surface area contributed by atoms with Crippen molar-refractivity contribution < 1.29 is 9.18 Å². The van der Waals surface area contributed by atoms with E-state index in [9.17, 15) is 9.18 Å². The molecule has 0 aliphatic rings. The van der Waals surface area contributed by atoms with Crippen molar-refractivity contribution in [3.8, 4) is 0 Å². The van der Waals surface area contributed by atoms with Crippen molar-refractivity contribution in [1.82, 2.24) is 19.6 Å². The quantitative estimate of drug-likeness (QED) is 0.644. The number of anilines is 1. The average Bonchev–Trinajstić information content (AvgIpc) is 3.14. The summed E-state index contributed by atoms with van der Waals surface area (Å²) in [4.78, 5) is 12.5. The van der Waals surface area contributed by atoms with Crippen molar-refractivity contribution >= 4 is 39.3 Å².